The van der Waals surface area contributed by atoms with Crippen molar-refractivity contribution < 1.29 is 0 Å². The van der Waals surface area contributed by atoms with Crippen molar-refractivity contribution in [1.29, 1.82) is 0 Å². The monoisotopic (exact) mass is 89.0 g/mol. The predicted octanol–water partition coefficient (Wildman–Crippen LogP) is 1.13. The van der Waals surface area contributed by atoms with Crippen LogP contribution in [0.15, 0.2) is 11.5 Å². The molecule has 0 aromatic carbocycles. The third-order valence-electron chi connectivity index (χ3n) is 0.215. The summed E-state index contributed by atoms with van der Waals surface area (Å²) in [7, 11) is 0. The van der Waals surface area contributed by atoms with Gasteiger partial charge in [-0.05, 0) is 12.3 Å². The summed E-state index contributed by atoms with van der Waals surface area (Å²) in [5, 5.41) is 6.79. The van der Waals surface area contributed by atoms with Crippen LogP contribution in [0.1, 0.15) is 6.92 Å². The molecule has 0 rings (SSSR count). The molecule has 0 aliphatic heterocycles. The average Bonchev–Trinajstić information content (AvgIpc) is 1.41. The van der Waals surface area contributed by atoms with E-state index in [1.54, 1.807) is 0 Å². The molecule has 0 fully saturated rings. The molecule has 0 aromatic rings. The van der Waals surface area contributed by atoms with Crippen LogP contribution in [0.5, 0.6) is 0 Å². The molecule has 1 nitrogen and oxygen atoms in total. The first-order valence-corrected chi connectivity index (χ1v) is 2.32. The van der Waals surface area contributed by atoms with Crippen LogP contribution in [0.2, 0.25) is 0 Å². The van der Waals surface area contributed by atoms with E-state index >= 15 is 0 Å². The lowest BCUT2D eigenvalue weighted by Gasteiger charge is -1.66. The fourth-order valence-electron chi connectivity index (χ4n) is 0.0786. The van der Waals surface area contributed by atoms with Crippen LogP contribution in [-0.2, 0) is 0 Å². The van der Waals surface area contributed by atoms with Crippen molar-refractivity contribution in [1.82, 2.24) is 0 Å². The molecule has 0 aromatic heterocycles. The number of allylic oxidation sites excluding steroid dienone is 1. The van der Waals surface area contributed by atoms with Gasteiger partial charge in [-0.2, -0.15) is 0 Å². The predicted molar refractivity (Wildman–Crippen MR) is 26.6 cm³/mol. The standard InChI is InChI=1S/C3H7NS/c1-2-3-5-4/h2-3H,4H2,1H3/b3-2+. The minimum atomic E-state index is 1.22. The van der Waals surface area contributed by atoms with Crippen LogP contribution in [0.25, 0.3) is 0 Å². The van der Waals surface area contributed by atoms with Gasteiger partial charge >= 0.3 is 0 Å². The highest BCUT2D eigenvalue weighted by Crippen LogP contribution is 1.83. The molecule has 0 unspecified atom stereocenters. The molecule has 0 heterocycles. The molecule has 0 spiro atoms. The number of rotatable bonds is 1. The van der Waals surface area contributed by atoms with Gasteiger partial charge in [0.15, 0.2) is 0 Å². The molecule has 0 radical (unpaired) electrons. The van der Waals surface area contributed by atoms with E-state index in [2.05, 4.69) is 0 Å². The molecule has 0 saturated heterocycles. The summed E-state index contributed by atoms with van der Waals surface area (Å²) in [5.74, 6) is 0. The molecular weight excluding hydrogens is 82.1 g/mol. The van der Waals surface area contributed by atoms with E-state index < -0.39 is 0 Å². The van der Waals surface area contributed by atoms with Crippen LogP contribution in [0.3, 0.4) is 0 Å². The topological polar surface area (TPSA) is 26.0 Å². The summed E-state index contributed by atoms with van der Waals surface area (Å²) in [6.07, 6.45) is 1.89. The minimum absolute atomic E-state index is 1.22. The van der Waals surface area contributed by atoms with Gasteiger partial charge in [-0.25, -0.2) is 0 Å². The maximum absolute atomic E-state index is 4.97. The van der Waals surface area contributed by atoms with Gasteiger partial charge in [-0.15, -0.1) is 0 Å². The Bertz CT molecular complexity index is 33.9. The fraction of sp³-hybridized carbons (Fsp3) is 0.333. The zero-order valence-corrected chi connectivity index (χ0v) is 3.96. The normalized spacial score (nSPS) is 10.0. The van der Waals surface area contributed by atoms with Crippen LogP contribution < -0.4 is 5.14 Å². The summed E-state index contributed by atoms with van der Waals surface area (Å²) >= 11 is 1.22. The molecule has 5 heavy (non-hydrogen) atoms. The van der Waals surface area contributed by atoms with E-state index in [0.717, 1.165) is 0 Å². The SMILES string of the molecule is C/C=C/SN. The second kappa shape index (κ2) is 4.05. The Morgan fingerprint density at radius 2 is 2.40 bits per heavy atom. The highest BCUT2D eigenvalue weighted by atomic mass is 32.2. The summed E-state index contributed by atoms with van der Waals surface area (Å²) in [6.45, 7) is 1.93. The smallest absolute Gasteiger partial charge is 0.0181 e. The van der Waals surface area contributed by atoms with Gasteiger partial charge in [0.1, 0.15) is 0 Å². The van der Waals surface area contributed by atoms with Gasteiger partial charge in [-0.1, -0.05) is 18.0 Å². The lowest BCUT2D eigenvalue weighted by atomic mass is 10.8. The van der Waals surface area contributed by atoms with Crippen molar-refractivity contribution in [2.75, 3.05) is 0 Å². The fourth-order valence-corrected chi connectivity index (χ4v) is 0.236. The van der Waals surface area contributed by atoms with Gasteiger partial charge in [-0.3, -0.25) is 5.14 Å². The van der Waals surface area contributed by atoms with Crippen molar-refractivity contribution in [2.24, 2.45) is 5.14 Å². The maximum Gasteiger partial charge on any atom is -0.0181 e. The van der Waals surface area contributed by atoms with E-state index in [-0.39, 0.29) is 0 Å². The Kier molecular flexibility index (Phi) is 4.09. The van der Waals surface area contributed by atoms with Gasteiger partial charge in [0.25, 0.3) is 0 Å². The van der Waals surface area contributed by atoms with Crippen molar-refractivity contribution in [2.45, 2.75) is 6.92 Å². The Morgan fingerprint density at radius 1 is 1.80 bits per heavy atom. The van der Waals surface area contributed by atoms with Crippen molar-refractivity contribution >= 4 is 11.9 Å². The summed E-state index contributed by atoms with van der Waals surface area (Å²) in [6, 6.07) is 0. The summed E-state index contributed by atoms with van der Waals surface area (Å²) in [4.78, 5) is 0. The first-order chi connectivity index (χ1) is 2.41. The van der Waals surface area contributed by atoms with E-state index in [0.29, 0.717) is 0 Å². The maximum atomic E-state index is 4.97. The summed E-state index contributed by atoms with van der Waals surface area (Å²) in [5.41, 5.74) is 0. The largest absolute Gasteiger partial charge is 0.274 e. The Labute approximate surface area is 36.4 Å². The zero-order valence-electron chi connectivity index (χ0n) is 3.14. The van der Waals surface area contributed by atoms with E-state index in [9.17, 15) is 0 Å². The number of hydrogen-bond donors (Lipinski definition) is 1. The molecule has 0 amide bonds. The van der Waals surface area contributed by atoms with Crippen LogP contribution in [0, 0.1) is 0 Å². The molecule has 0 bridgehead atoms. The Balaban J connectivity index is 2.62. The van der Waals surface area contributed by atoms with Crippen LogP contribution >= 0.6 is 11.9 Å². The highest BCUT2D eigenvalue weighted by Gasteiger charge is 1.51. The van der Waals surface area contributed by atoms with Crippen LogP contribution in [-0.4, -0.2) is 0 Å². The number of hydrogen-bond acceptors (Lipinski definition) is 2. The Morgan fingerprint density at radius 3 is 2.40 bits per heavy atom. The molecular formula is C3H7NS. The Hall–Kier alpha value is 0.0500. The van der Waals surface area contributed by atoms with Crippen molar-refractivity contribution in [3.63, 3.8) is 0 Å². The first kappa shape index (κ1) is 5.05. The van der Waals surface area contributed by atoms with Gasteiger partial charge in [0.05, 0.1) is 0 Å². The van der Waals surface area contributed by atoms with Crippen molar-refractivity contribution in [3.05, 3.63) is 11.5 Å². The van der Waals surface area contributed by atoms with Gasteiger partial charge in [0.2, 0.25) is 0 Å². The third-order valence-corrected chi connectivity index (χ3v) is 0.644. The average molecular weight is 89.2 g/mol. The molecule has 0 aliphatic carbocycles. The molecule has 0 aliphatic rings. The van der Waals surface area contributed by atoms with E-state index in [4.69, 9.17) is 5.14 Å². The molecule has 30 valence electrons. The highest BCUT2D eigenvalue weighted by molar-refractivity contribution is 7.99. The molecule has 0 saturated carbocycles. The molecule has 2 N–H and O–H groups in total. The first-order valence-electron chi connectivity index (χ1n) is 1.38. The second-order valence-corrected chi connectivity index (χ2v) is 1.15. The minimum Gasteiger partial charge on any atom is -0.274 e. The number of nitrogens with two attached hydrogens (primary N) is 1. The lowest BCUT2D eigenvalue weighted by Crippen LogP contribution is -1.65. The van der Waals surface area contributed by atoms with Gasteiger partial charge in [0, 0.05) is 0 Å². The second-order valence-electron chi connectivity index (χ2n) is 0.605. The molecule has 0 atom stereocenters. The van der Waals surface area contributed by atoms with Crippen molar-refractivity contribution in [3.8, 4) is 0 Å². The van der Waals surface area contributed by atoms with Crippen LogP contribution in [0.4, 0.5) is 0 Å². The van der Waals surface area contributed by atoms with Gasteiger partial charge < -0.3 is 0 Å². The zero-order chi connectivity index (χ0) is 4.12. The third kappa shape index (κ3) is 4.05. The van der Waals surface area contributed by atoms with E-state index in [1.165, 1.54) is 11.9 Å². The summed E-state index contributed by atoms with van der Waals surface area (Å²) < 4.78 is 0. The van der Waals surface area contributed by atoms with E-state index in [1.807, 2.05) is 18.4 Å². The quantitative estimate of drug-likeness (QED) is 0.487. The lowest BCUT2D eigenvalue weighted by molar-refractivity contribution is 1.78. The molecule has 2 heteroatoms.